The summed E-state index contributed by atoms with van der Waals surface area (Å²) < 4.78 is 1.70. The van der Waals surface area contributed by atoms with Crippen molar-refractivity contribution in [3.8, 4) is 22.7 Å². The van der Waals surface area contributed by atoms with Gasteiger partial charge in [0.2, 0.25) is 0 Å². The third-order valence-electron chi connectivity index (χ3n) is 3.54. The van der Waals surface area contributed by atoms with Crippen molar-refractivity contribution < 1.29 is 5.11 Å². The molecule has 0 fully saturated rings. The summed E-state index contributed by atoms with van der Waals surface area (Å²) in [6.07, 6.45) is 3.52. The van der Waals surface area contributed by atoms with Gasteiger partial charge >= 0.3 is 0 Å². The van der Waals surface area contributed by atoms with Gasteiger partial charge in [-0.3, -0.25) is 4.98 Å². The van der Waals surface area contributed by atoms with Crippen molar-refractivity contribution in [3.05, 3.63) is 67.0 Å². The minimum atomic E-state index is 0.155. The molecule has 0 saturated heterocycles. The van der Waals surface area contributed by atoms with Crippen LogP contribution in [0.5, 0.6) is 5.75 Å². The van der Waals surface area contributed by atoms with Crippen LogP contribution in [0.25, 0.3) is 27.8 Å². The number of aromatic nitrogens is 4. The number of rotatable bonds is 2. The summed E-state index contributed by atoms with van der Waals surface area (Å²) in [7, 11) is 0. The first-order valence-corrected chi connectivity index (χ1v) is 6.88. The van der Waals surface area contributed by atoms with Crippen molar-refractivity contribution in [1.82, 2.24) is 20.0 Å². The molecule has 0 saturated carbocycles. The fraction of sp³-hybridized carbons (Fsp3) is 0. The van der Waals surface area contributed by atoms with Gasteiger partial charge in [0.25, 0.3) is 0 Å². The van der Waals surface area contributed by atoms with Gasteiger partial charge in [0, 0.05) is 17.1 Å². The van der Waals surface area contributed by atoms with E-state index in [0.29, 0.717) is 5.52 Å². The number of nitrogens with zero attached hydrogens (tertiary/aromatic N) is 4. The van der Waals surface area contributed by atoms with Crippen molar-refractivity contribution in [2.24, 2.45) is 0 Å². The minimum absolute atomic E-state index is 0.155. The van der Waals surface area contributed by atoms with Crippen LogP contribution in [0.2, 0.25) is 0 Å². The van der Waals surface area contributed by atoms with Crippen LogP contribution in [0.3, 0.4) is 0 Å². The summed E-state index contributed by atoms with van der Waals surface area (Å²) in [5, 5.41) is 19.2. The molecule has 0 aliphatic heterocycles. The molecule has 106 valence electrons. The molecule has 22 heavy (non-hydrogen) atoms. The van der Waals surface area contributed by atoms with Crippen LogP contribution in [-0.2, 0) is 0 Å². The Morgan fingerprint density at radius 2 is 1.77 bits per heavy atom. The molecule has 4 aromatic rings. The van der Waals surface area contributed by atoms with Crippen LogP contribution in [0.15, 0.2) is 67.0 Å². The number of pyridine rings is 1. The Labute approximate surface area is 126 Å². The highest BCUT2D eigenvalue weighted by Crippen LogP contribution is 2.28. The molecule has 0 bridgehead atoms. The molecule has 0 aliphatic rings. The first kappa shape index (κ1) is 12.5. The molecule has 0 amide bonds. The Morgan fingerprint density at radius 1 is 0.909 bits per heavy atom. The van der Waals surface area contributed by atoms with Crippen molar-refractivity contribution in [3.63, 3.8) is 0 Å². The van der Waals surface area contributed by atoms with Crippen molar-refractivity contribution in [2.75, 3.05) is 0 Å². The molecule has 0 spiro atoms. The van der Waals surface area contributed by atoms with Gasteiger partial charge in [-0.05, 0) is 24.3 Å². The number of fused-ring (bicyclic) bond motifs is 1. The smallest absolute Gasteiger partial charge is 0.141 e. The van der Waals surface area contributed by atoms with Crippen LogP contribution in [0.4, 0.5) is 0 Å². The zero-order valence-corrected chi connectivity index (χ0v) is 11.6. The van der Waals surface area contributed by atoms with E-state index in [0.717, 1.165) is 22.3 Å². The molecule has 5 heteroatoms. The van der Waals surface area contributed by atoms with Gasteiger partial charge in [-0.1, -0.05) is 35.5 Å². The lowest BCUT2D eigenvalue weighted by molar-refractivity contribution is 0.480. The summed E-state index contributed by atoms with van der Waals surface area (Å²) in [5.41, 5.74) is 3.19. The number of phenols is 1. The fourth-order valence-corrected chi connectivity index (χ4v) is 2.47. The number of hydrogen-bond acceptors (Lipinski definition) is 4. The molecular weight excluding hydrogens is 276 g/mol. The Bertz CT molecular complexity index is 947. The van der Waals surface area contributed by atoms with Gasteiger partial charge in [-0.15, -0.1) is 5.10 Å². The molecule has 2 heterocycles. The summed E-state index contributed by atoms with van der Waals surface area (Å²) in [5.74, 6) is 0.155. The lowest BCUT2D eigenvalue weighted by Gasteiger charge is -2.06. The topological polar surface area (TPSA) is 63.8 Å². The van der Waals surface area contributed by atoms with Crippen LogP contribution >= 0.6 is 0 Å². The second kappa shape index (κ2) is 4.96. The number of benzene rings is 2. The van der Waals surface area contributed by atoms with Crippen LogP contribution < -0.4 is 0 Å². The number of aromatic hydroxyl groups is 1. The highest BCUT2D eigenvalue weighted by atomic mass is 16.3. The van der Waals surface area contributed by atoms with Crippen molar-refractivity contribution >= 4 is 10.9 Å². The average molecular weight is 288 g/mol. The van der Waals surface area contributed by atoms with Gasteiger partial charge in [-0.25, -0.2) is 4.68 Å². The van der Waals surface area contributed by atoms with Gasteiger partial charge in [0.15, 0.2) is 0 Å². The average Bonchev–Trinajstić information content (AvgIpc) is 3.06. The number of hydrogen-bond donors (Lipinski definition) is 1. The third-order valence-corrected chi connectivity index (χ3v) is 3.54. The Hall–Kier alpha value is -3.21. The van der Waals surface area contributed by atoms with Crippen LogP contribution in [0.1, 0.15) is 0 Å². The summed E-state index contributed by atoms with van der Waals surface area (Å²) in [6, 6.07) is 17.0. The quantitative estimate of drug-likeness (QED) is 0.615. The molecular formula is C17H12N4O. The summed E-state index contributed by atoms with van der Waals surface area (Å²) in [4.78, 5) is 4.22. The SMILES string of the molecule is Oc1ccc(-n2cc(-c3ccccc3)nn2)c2cccnc12. The van der Waals surface area contributed by atoms with E-state index in [-0.39, 0.29) is 5.75 Å². The Morgan fingerprint density at radius 3 is 2.64 bits per heavy atom. The predicted molar refractivity (Wildman–Crippen MR) is 83.8 cm³/mol. The first-order chi connectivity index (χ1) is 10.8. The highest BCUT2D eigenvalue weighted by molar-refractivity contribution is 5.91. The standard InChI is InChI=1S/C17H12N4O/c22-16-9-8-15(13-7-4-10-18-17(13)16)21-11-14(19-20-21)12-5-2-1-3-6-12/h1-11,22H. The Kier molecular flexibility index (Phi) is 2.83. The van der Waals surface area contributed by atoms with Gasteiger partial charge in [-0.2, -0.15) is 0 Å². The molecule has 0 unspecified atom stereocenters. The third kappa shape index (κ3) is 2.00. The van der Waals surface area contributed by atoms with E-state index in [2.05, 4.69) is 15.3 Å². The largest absolute Gasteiger partial charge is 0.506 e. The van der Waals surface area contributed by atoms with E-state index in [4.69, 9.17) is 0 Å². The molecule has 0 aliphatic carbocycles. The van der Waals surface area contributed by atoms with Crippen molar-refractivity contribution in [1.29, 1.82) is 0 Å². The molecule has 5 nitrogen and oxygen atoms in total. The Balaban J connectivity index is 1.87. The summed E-state index contributed by atoms with van der Waals surface area (Å²) in [6.45, 7) is 0. The fourth-order valence-electron chi connectivity index (χ4n) is 2.47. The minimum Gasteiger partial charge on any atom is -0.506 e. The zero-order valence-electron chi connectivity index (χ0n) is 11.6. The second-order valence-corrected chi connectivity index (χ2v) is 4.92. The van der Waals surface area contributed by atoms with E-state index in [9.17, 15) is 5.11 Å². The molecule has 0 atom stereocenters. The maximum atomic E-state index is 9.92. The van der Waals surface area contributed by atoms with Gasteiger partial charge in [0.05, 0.1) is 11.9 Å². The highest BCUT2D eigenvalue weighted by Gasteiger charge is 2.10. The maximum absolute atomic E-state index is 9.92. The molecule has 4 rings (SSSR count). The van der Waals surface area contributed by atoms with E-state index < -0.39 is 0 Å². The van der Waals surface area contributed by atoms with E-state index in [1.807, 2.05) is 54.7 Å². The maximum Gasteiger partial charge on any atom is 0.141 e. The second-order valence-electron chi connectivity index (χ2n) is 4.92. The lowest BCUT2D eigenvalue weighted by atomic mass is 10.1. The first-order valence-electron chi connectivity index (χ1n) is 6.88. The van der Waals surface area contributed by atoms with E-state index in [1.54, 1.807) is 16.9 Å². The molecule has 2 aromatic carbocycles. The van der Waals surface area contributed by atoms with E-state index >= 15 is 0 Å². The molecule has 2 aromatic heterocycles. The zero-order chi connectivity index (χ0) is 14.9. The predicted octanol–water partition coefficient (Wildman–Crippen LogP) is 3.19. The van der Waals surface area contributed by atoms with Crippen molar-refractivity contribution in [2.45, 2.75) is 0 Å². The van der Waals surface area contributed by atoms with Gasteiger partial charge < -0.3 is 5.11 Å². The normalized spacial score (nSPS) is 10.9. The van der Waals surface area contributed by atoms with E-state index in [1.165, 1.54) is 0 Å². The van der Waals surface area contributed by atoms with Gasteiger partial charge in [0.1, 0.15) is 17.0 Å². The summed E-state index contributed by atoms with van der Waals surface area (Å²) >= 11 is 0. The molecule has 0 radical (unpaired) electrons. The lowest BCUT2D eigenvalue weighted by Crippen LogP contribution is -1.96. The van der Waals surface area contributed by atoms with Crippen LogP contribution in [0, 0.1) is 0 Å². The van der Waals surface area contributed by atoms with Crippen LogP contribution in [-0.4, -0.2) is 25.1 Å². The monoisotopic (exact) mass is 288 g/mol. The molecule has 1 N–H and O–H groups in total. The number of phenolic OH excluding ortho intramolecular Hbond substituents is 1.